The maximum Gasteiger partial charge on any atom is 0.0924 e. The lowest BCUT2D eigenvalue weighted by Crippen LogP contribution is -2.36. The summed E-state index contributed by atoms with van der Waals surface area (Å²) in [6, 6.07) is 9.75. The molecule has 4 rings (SSSR count). The lowest BCUT2D eigenvalue weighted by Gasteiger charge is -2.30. The van der Waals surface area contributed by atoms with Crippen LogP contribution in [-0.4, -0.2) is 27.2 Å². The molecule has 18 heavy (non-hydrogen) atoms. The van der Waals surface area contributed by atoms with Gasteiger partial charge in [-0.3, -0.25) is 10.00 Å². The molecule has 0 amide bonds. The Morgan fingerprint density at radius 2 is 2.22 bits per heavy atom. The maximum atomic E-state index is 4.38. The van der Waals surface area contributed by atoms with Crippen LogP contribution in [0.3, 0.4) is 0 Å². The lowest BCUT2D eigenvalue weighted by atomic mass is 10.1. The van der Waals surface area contributed by atoms with E-state index in [0.29, 0.717) is 6.04 Å². The topological polar surface area (TPSA) is 31.9 Å². The molecule has 1 fully saturated rings. The Balaban J connectivity index is 1.67. The van der Waals surface area contributed by atoms with Gasteiger partial charge in [-0.05, 0) is 25.3 Å². The van der Waals surface area contributed by atoms with E-state index in [1.165, 1.54) is 30.3 Å². The molecule has 0 radical (unpaired) electrons. The van der Waals surface area contributed by atoms with Gasteiger partial charge in [-0.2, -0.15) is 5.10 Å². The monoisotopic (exact) mass is 239 g/mol. The van der Waals surface area contributed by atoms with E-state index in [1.807, 2.05) is 6.07 Å². The van der Waals surface area contributed by atoms with Gasteiger partial charge in [0.1, 0.15) is 0 Å². The molecule has 0 aliphatic carbocycles. The van der Waals surface area contributed by atoms with E-state index in [0.717, 1.165) is 18.1 Å². The van der Waals surface area contributed by atoms with Crippen molar-refractivity contribution in [3.63, 3.8) is 0 Å². The Hall–Kier alpha value is -1.61. The van der Waals surface area contributed by atoms with Crippen molar-refractivity contribution >= 4 is 10.9 Å². The smallest absolute Gasteiger partial charge is 0.0924 e. The Kier molecular flexibility index (Phi) is 2.27. The summed E-state index contributed by atoms with van der Waals surface area (Å²) in [5, 5.41) is 8.87. The second-order valence-electron chi connectivity index (χ2n) is 5.35. The molecule has 2 aromatic rings. The van der Waals surface area contributed by atoms with Crippen molar-refractivity contribution in [3.8, 4) is 0 Å². The van der Waals surface area contributed by atoms with Gasteiger partial charge in [0.15, 0.2) is 0 Å². The molecule has 2 aliphatic rings. The lowest BCUT2D eigenvalue weighted by molar-refractivity contribution is 0.198. The number of hydrogen-bond donors (Lipinski definition) is 1. The third kappa shape index (κ3) is 1.51. The fourth-order valence-corrected chi connectivity index (χ4v) is 3.38. The first-order valence-corrected chi connectivity index (χ1v) is 6.76. The number of para-hydroxylation sites is 1. The first kappa shape index (κ1) is 10.3. The Morgan fingerprint density at radius 1 is 1.28 bits per heavy atom. The predicted octanol–water partition coefficient (Wildman–Crippen LogP) is 2.86. The minimum Gasteiger partial charge on any atom is -0.288 e. The van der Waals surface area contributed by atoms with E-state index in [2.05, 4.69) is 45.4 Å². The first-order chi connectivity index (χ1) is 8.92. The molecule has 1 saturated heterocycles. The number of nitrogens with one attached hydrogen (secondary N) is 1. The van der Waals surface area contributed by atoms with E-state index < -0.39 is 0 Å². The van der Waals surface area contributed by atoms with E-state index in [9.17, 15) is 0 Å². The molecule has 3 heterocycles. The van der Waals surface area contributed by atoms with Crippen molar-refractivity contribution in [2.45, 2.75) is 37.9 Å². The van der Waals surface area contributed by atoms with Gasteiger partial charge in [0, 0.05) is 24.0 Å². The maximum absolute atomic E-state index is 4.38. The van der Waals surface area contributed by atoms with Crippen LogP contribution in [0.4, 0.5) is 0 Å². The highest BCUT2D eigenvalue weighted by molar-refractivity contribution is 5.81. The molecule has 2 atom stereocenters. The molecule has 3 heteroatoms. The number of aromatic nitrogens is 2. The second kappa shape index (κ2) is 3.95. The van der Waals surface area contributed by atoms with Crippen LogP contribution in [0.5, 0.6) is 0 Å². The van der Waals surface area contributed by atoms with Gasteiger partial charge in [0.25, 0.3) is 0 Å². The van der Waals surface area contributed by atoms with Crippen LogP contribution >= 0.6 is 0 Å². The van der Waals surface area contributed by atoms with Gasteiger partial charge >= 0.3 is 0 Å². The first-order valence-electron chi connectivity index (χ1n) is 6.76. The minimum absolute atomic E-state index is 0.644. The molecule has 0 saturated carbocycles. The van der Waals surface area contributed by atoms with Gasteiger partial charge in [-0.15, -0.1) is 0 Å². The highest BCUT2D eigenvalue weighted by Gasteiger charge is 2.33. The average Bonchev–Trinajstić information content (AvgIpc) is 2.89. The number of aromatic amines is 1. The molecule has 2 aliphatic heterocycles. The Morgan fingerprint density at radius 3 is 3.17 bits per heavy atom. The fraction of sp³-hybridized carbons (Fsp3) is 0.400. The summed E-state index contributed by atoms with van der Waals surface area (Å²) in [5.74, 6) is 0. The zero-order valence-corrected chi connectivity index (χ0v) is 10.3. The van der Waals surface area contributed by atoms with Gasteiger partial charge < -0.3 is 0 Å². The van der Waals surface area contributed by atoms with E-state index in [1.54, 1.807) is 0 Å². The molecule has 3 nitrogen and oxygen atoms in total. The van der Waals surface area contributed by atoms with Crippen LogP contribution < -0.4 is 0 Å². The van der Waals surface area contributed by atoms with Crippen molar-refractivity contribution < 1.29 is 0 Å². The second-order valence-corrected chi connectivity index (χ2v) is 5.35. The van der Waals surface area contributed by atoms with Crippen molar-refractivity contribution in [3.05, 3.63) is 42.1 Å². The highest BCUT2D eigenvalue weighted by Crippen LogP contribution is 2.33. The van der Waals surface area contributed by atoms with Gasteiger partial charge in [-0.1, -0.05) is 30.4 Å². The van der Waals surface area contributed by atoms with Crippen molar-refractivity contribution in [1.82, 2.24) is 15.1 Å². The van der Waals surface area contributed by atoms with Crippen LogP contribution in [0.1, 0.15) is 25.0 Å². The molecule has 1 N–H and O–H groups in total. The fourth-order valence-electron chi connectivity index (χ4n) is 3.38. The largest absolute Gasteiger partial charge is 0.288 e. The van der Waals surface area contributed by atoms with Crippen LogP contribution in [-0.2, 0) is 6.54 Å². The molecule has 2 bridgehead atoms. The molecule has 92 valence electrons. The van der Waals surface area contributed by atoms with Gasteiger partial charge in [-0.25, -0.2) is 0 Å². The number of benzene rings is 1. The molecule has 1 aromatic heterocycles. The zero-order chi connectivity index (χ0) is 11.9. The molecule has 1 aromatic carbocycles. The molecular weight excluding hydrogens is 222 g/mol. The van der Waals surface area contributed by atoms with E-state index in [4.69, 9.17) is 0 Å². The Bertz CT molecular complexity index is 599. The average molecular weight is 239 g/mol. The van der Waals surface area contributed by atoms with Gasteiger partial charge in [0.2, 0.25) is 0 Å². The quantitative estimate of drug-likeness (QED) is 0.817. The SMILES string of the molecule is C1=CC2CCC(C1)N2Cc1[nH]nc2ccccc12. The van der Waals surface area contributed by atoms with Crippen LogP contribution in [0.15, 0.2) is 36.4 Å². The number of hydrogen-bond acceptors (Lipinski definition) is 2. The molecule has 2 unspecified atom stereocenters. The van der Waals surface area contributed by atoms with Crippen LogP contribution in [0, 0.1) is 0 Å². The van der Waals surface area contributed by atoms with E-state index in [-0.39, 0.29) is 0 Å². The standard InChI is InChI=1S/C15H17N3/c1-2-7-14-13(6-1)15(17-16-14)10-18-11-4-3-5-12(18)9-8-11/h1-4,6-7,11-12H,5,8-10H2,(H,16,17). The van der Waals surface area contributed by atoms with Gasteiger partial charge in [0.05, 0.1) is 11.2 Å². The summed E-state index contributed by atoms with van der Waals surface area (Å²) >= 11 is 0. The summed E-state index contributed by atoms with van der Waals surface area (Å²) in [5.41, 5.74) is 2.34. The van der Waals surface area contributed by atoms with Crippen molar-refractivity contribution in [1.29, 1.82) is 0 Å². The third-order valence-corrected chi connectivity index (χ3v) is 4.34. The Labute approximate surface area is 106 Å². The van der Waals surface area contributed by atoms with Crippen LogP contribution in [0.25, 0.3) is 10.9 Å². The summed E-state index contributed by atoms with van der Waals surface area (Å²) < 4.78 is 0. The predicted molar refractivity (Wildman–Crippen MR) is 72.2 cm³/mol. The number of rotatable bonds is 2. The summed E-state index contributed by atoms with van der Waals surface area (Å²) in [7, 11) is 0. The van der Waals surface area contributed by atoms with Crippen molar-refractivity contribution in [2.24, 2.45) is 0 Å². The van der Waals surface area contributed by atoms with Crippen molar-refractivity contribution in [2.75, 3.05) is 0 Å². The van der Waals surface area contributed by atoms with E-state index >= 15 is 0 Å². The summed E-state index contributed by atoms with van der Waals surface area (Å²) in [6.45, 7) is 1.00. The molecular formula is C15H17N3. The highest BCUT2D eigenvalue weighted by atomic mass is 15.2. The van der Waals surface area contributed by atoms with Crippen LogP contribution in [0.2, 0.25) is 0 Å². The zero-order valence-electron chi connectivity index (χ0n) is 10.3. The number of fused-ring (bicyclic) bond motifs is 3. The molecule has 0 spiro atoms. The number of nitrogens with zero attached hydrogens (tertiary/aromatic N) is 2. The minimum atomic E-state index is 0.644. The number of H-pyrrole nitrogens is 1. The third-order valence-electron chi connectivity index (χ3n) is 4.34. The summed E-state index contributed by atoms with van der Waals surface area (Å²) in [4.78, 5) is 2.62. The normalized spacial score (nSPS) is 27.1. The summed E-state index contributed by atoms with van der Waals surface area (Å²) in [6.07, 6.45) is 8.59.